The van der Waals surface area contributed by atoms with E-state index in [1.54, 1.807) is 24.3 Å². The van der Waals surface area contributed by atoms with Crippen molar-refractivity contribution in [1.82, 2.24) is 9.97 Å². The van der Waals surface area contributed by atoms with Crippen LogP contribution < -0.4 is 10.1 Å². The van der Waals surface area contributed by atoms with E-state index in [0.717, 1.165) is 10.9 Å². The maximum Gasteiger partial charge on any atom is 0.373 e. The molecule has 26 heavy (non-hydrogen) atoms. The van der Waals surface area contributed by atoms with Gasteiger partial charge in [0.1, 0.15) is 12.1 Å². The molecular formula is C18H15BrN4O3. The summed E-state index contributed by atoms with van der Waals surface area (Å²) >= 11 is 3.33. The molecule has 3 aromatic rings. The van der Waals surface area contributed by atoms with Crippen molar-refractivity contribution < 1.29 is 9.66 Å². The van der Waals surface area contributed by atoms with E-state index in [2.05, 4.69) is 38.1 Å². The zero-order valence-electron chi connectivity index (χ0n) is 13.8. The highest BCUT2D eigenvalue weighted by Crippen LogP contribution is 2.35. The number of aromatic nitrogens is 2. The zero-order chi connectivity index (χ0) is 18.5. The van der Waals surface area contributed by atoms with Gasteiger partial charge >= 0.3 is 11.6 Å². The number of nitro groups is 1. The number of ether oxygens (including phenoxy) is 1. The Kier molecular flexibility index (Phi) is 5.43. The van der Waals surface area contributed by atoms with Crippen LogP contribution in [0.15, 0.2) is 59.3 Å². The van der Waals surface area contributed by atoms with E-state index in [9.17, 15) is 10.1 Å². The number of rotatable bonds is 6. The Hall–Kier alpha value is -3.00. The van der Waals surface area contributed by atoms with Crippen molar-refractivity contribution in [3.63, 3.8) is 0 Å². The van der Waals surface area contributed by atoms with Gasteiger partial charge in [-0.1, -0.05) is 35.0 Å². The van der Waals surface area contributed by atoms with Gasteiger partial charge in [-0.2, -0.15) is 4.98 Å². The number of benzene rings is 2. The Morgan fingerprint density at radius 3 is 2.42 bits per heavy atom. The van der Waals surface area contributed by atoms with Crippen LogP contribution in [0.1, 0.15) is 12.5 Å². The minimum atomic E-state index is -0.559. The van der Waals surface area contributed by atoms with Gasteiger partial charge in [-0.05, 0) is 48.4 Å². The molecule has 0 aliphatic carbocycles. The molecular weight excluding hydrogens is 400 g/mol. The third-order valence-electron chi connectivity index (χ3n) is 3.62. The highest BCUT2D eigenvalue weighted by Gasteiger charge is 2.25. The Bertz CT molecular complexity index is 915. The lowest BCUT2D eigenvalue weighted by atomic mass is 10.1. The number of hydrogen-bond acceptors (Lipinski definition) is 6. The molecule has 8 heteroatoms. The fourth-order valence-corrected chi connectivity index (χ4v) is 2.53. The molecule has 132 valence electrons. The first-order valence-corrected chi connectivity index (χ1v) is 8.65. The molecule has 0 saturated carbocycles. The summed E-state index contributed by atoms with van der Waals surface area (Å²) in [4.78, 5) is 18.9. The monoisotopic (exact) mass is 414 g/mol. The summed E-state index contributed by atoms with van der Waals surface area (Å²) in [6.07, 6.45) is 2.14. The van der Waals surface area contributed by atoms with Gasteiger partial charge in [0.05, 0.1) is 4.92 Å². The smallest absolute Gasteiger partial charge is 0.373 e. The third-order valence-corrected chi connectivity index (χ3v) is 4.15. The van der Waals surface area contributed by atoms with E-state index in [-0.39, 0.29) is 17.4 Å². The summed E-state index contributed by atoms with van der Waals surface area (Å²) in [5.41, 5.74) is 1.54. The van der Waals surface area contributed by atoms with E-state index < -0.39 is 4.92 Å². The average molecular weight is 415 g/mol. The van der Waals surface area contributed by atoms with Crippen LogP contribution in [0.25, 0.3) is 0 Å². The molecule has 1 aromatic heterocycles. The van der Waals surface area contributed by atoms with Gasteiger partial charge in [0.25, 0.3) is 0 Å². The summed E-state index contributed by atoms with van der Waals surface area (Å²) in [5, 5.41) is 14.5. The molecule has 2 aromatic carbocycles. The maximum atomic E-state index is 11.6. The van der Waals surface area contributed by atoms with Crippen molar-refractivity contribution >= 4 is 33.1 Å². The number of nitrogens with one attached hydrogen (secondary N) is 1. The molecule has 1 N–H and O–H groups in total. The van der Waals surface area contributed by atoms with E-state index in [0.29, 0.717) is 11.4 Å². The average Bonchev–Trinajstić information content (AvgIpc) is 2.64. The summed E-state index contributed by atoms with van der Waals surface area (Å²) in [7, 11) is 0. The minimum Gasteiger partial charge on any atom is -0.434 e. The molecule has 7 nitrogen and oxygen atoms in total. The van der Waals surface area contributed by atoms with E-state index >= 15 is 0 Å². The van der Waals surface area contributed by atoms with E-state index in [4.69, 9.17) is 4.74 Å². The molecule has 0 radical (unpaired) electrons. The van der Waals surface area contributed by atoms with Crippen LogP contribution in [0.3, 0.4) is 0 Å². The maximum absolute atomic E-state index is 11.6. The first-order valence-electron chi connectivity index (χ1n) is 7.85. The van der Waals surface area contributed by atoms with E-state index in [1.165, 1.54) is 11.9 Å². The predicted molar refractivity (Wildman–Crippen MR) is 102 cm³/mol. The highest BCUT2D eigenvalue weighted by molar-refractivity contribution is 9.10. The second kappa shape index (κ2) is 7.92. The van der Waals surface area contributed by atoms with Crippen LogP contribution in [0.2, 0.25) is 0 Å². The van der Waals surface area contributed by atoms with Gasteiger partial charge in [0.15, 0.2) is 0 Å². The topological polar surface area (TPSA) is 90.2 Å². The minimum absolute atomic E-state index is 0.0707. The predicted octanol–water partition coefficient (Wildman–Crippen LogP) is 5.25. The van der Waals surface area contributed by atoms with Gasteiger partial charge in [0, 0.05) is 10.2 Å². The van der Waals surface area contributed by atoms with Crippen molar-refractivity contribution in [1.29, 1.82) is 0 Å². The summed E-state index contributed by atoms with van der Waals surface area (Å²) in [6.45, 7) is 2.06. The molecule has 0 atom stereocenters. The number of hydrogen-bond donors (Lipinski definition) is 1. The fourth-order valence-electron chi connectivity index (χ4n) is 2.27. The second-order valence-electron chi connectivity index (χ2n) is 5.36. The van der Waals surface area contributed by atoms with Gasteiger partial charge in [-0.3, -0.25) is 10.1 Å². The van der Waals surface area contributed by atoms with Gasteiger partial charge in [-0.25, -0.2) is 4.98 Å². The standard InChI is InChI=1S/C18H15BrN4O3/c1-2-12-3-7-14(8-4-12)22-17-16(23(24)25)18(21-11-20-17)26-15-9-5-13(19)6-10-15/h3-11H,2H2,1H3,(H,20,21,22). The lowest BCUT2D eigenvalue weighted by Gasteiger charge is -2.10. The molecule has 3 rings (SSSR count). The van der Waals surface area contributed by atoms with Gasteiger partial charge in [-0.15, -0.1) is 0 Å². The van der Waals surface area contributed by atoms with Gasteiger partial charge < -0.3 is 10.1 Å². The summed E-state index contributed by atoms with van der Waals surface area (Å²) in [6, 6.07) is 14.5. The number of anilines is 2. The van der Waals surface area contributed by atoms with Crippen molar-refractivity contribution in [3.05, 3.63) is 75.0 Å². The Morgan fingerprint density at radius 2 is 1.81 bits per heavy atom. The lowest BCUT2D eigenvalue weighted by Crippen LogP contribution is -2.03. The van der Waals surface area contributed by atoms with Crippen molar-refractivity contribution in [2.24, 2.45) is 0 Å². The second-order valence-corrected chi connectivity index (χ2v) is 6.28. The lowest BCUT2D eigenvalue weighted by molar-refractivity contribution is -0.385. The third kappa shape index (κ3) is 4.15. The van der Waals surface area contributed by atoms with Crippen LogP contribution in [-0.2, 0) is 6.42 Å². The quantitative estimate of drug-likeness (QED) is 0.437. The zero-order valence-corrected chi connectivity index (χ0v) is 15.4. The molecule has 0 saturated heterocycles. The molecule has 0 amide bonds. The fraction of sp³-hybridized carbons (Fsp3) is 0.111. The number of aryl methyl sites for hydroxylation is 1. The van der Waals surface area contributed by atoms with Crippen LogP contribution >= 0.6 is 15.9 Å². The molecule has 0 aliphatic rings. The molecule has 0 unspecified atom stereocenters. The Balaban J connectivity index is 1.92. The molecule has 0 aliphatic heterocycles. The first-order chi connectivity index (χ1) is 12.6. The SMILES string of the molecule is CCc1ccc(Nc2ncnc(Oc3ccc(Br)cc3)c2[N+](=O)[O-])cc1. The van der Waals surface area contributed by atoms with E-state index in [1.807, 2.05) is 24.3 Å². The first kappa shape index (κ1) is 17.8. The van der Waals surface area contributed by atoms with Crippen LogP contribution in [0.4, 0.5) is 17.2 Å². The highest BCUT2D eigenvalue weighted by atomic mass is 79.9. The van der Waals surface area contributed by atoms with Crippen LogP contribution in [0.5, 0.6) is 11.6 Å². The number of nitrogens with zero attached hydrogens (tertiary/aromatic N) is 3. The molecule has 0 spiro atoms. The molecule has 0 fully saturated rings. The van der Waals surface area contributed by atoms with Crippen LogP contribution in [-0.4, -0.2) is 14.9 Å². The molecule has 1 heterocycles. The largest absolute Gasteiger partial charge is 0.434 e. The van der Waals surface area contributed by atoms with Gasteiger partial charge in [0.2, 0.25) is 5.82 Å². The normalized spacial score (nSPS) is 10.4. The van der Waals surface area contributed by atoms with Crippen molar-refractivity contribution in [3.8, 4) is 11.6 Å². The van der Waals surface area contributed by atoms with Crippen molar-refractivity contribution in [2.75, 3.05) is 5.32 Å². The Morgan fingerprint density at radius 1 is 1.12 bits per heavy atom. The molecule has 0 bridgehead atoms. The van der Waals surface area contributed by atoms with Crippen LogP contribution in [0, 0.1) is 10.1 Å². The number of halogens is 1. The summed E-state index contributed by atoms with van der Waals surface area (Å²) in [5.74, 6) is 0.384. The summed E-state index contributed by atoms with van der Waals surface area (Å²) < 4.78 is 6.46. The van der Waals surface area contributed by atoms with Crippen molar-refractivity contribution in [2.45, 2.75) is 13.3 Å². The Labute approximate surface area is 158 Å².